The summed E-state index contributed by atoms with van der Waals surface area (Å²) in [5, 5.41) is 18.2. The lowest BCUT2D eigenvalue weighted by atomic mass is 10.1. The number of hydrogen-bond acceptors (Lipinski definition) is 8. The number of halogens is 3. The molecule has 2 heterocycles. The number of nitrogens with zero attached hydrogens (tertiary/aromatic N) is 3. The number of pyridine rings is 1. The van der Waals surface area contributed by atoms with Crippen molar-refractivity contribution in [3.8, 4) is 11.6 Å². The number of aryl methyl sites for hydroxylation is 2. The van der Waals surface area contributed by atoms with Crippen LogP contribution in [0, 0.1) is 13.8 Å². The van der Waals surface area contributed by atoms with Gasteiger partial charge in [-0.1, -0.05) is 12.6 Å². The molecule has 0 atom stereocenters. The summed E-state index contributed by atoms with van der Waals surface area (Å²) >= 11 is 0. The minimum atomic E-state index is -4.77. The molecule has 9 nitrogen and oxygen atoms in total. The van der Waals surface area contributed by atoms with Gasteiger partial charge in [-0.3, -0.25) is 4.79 Å². The molecule has 0 unspecified atom stereocenters. The van der Waals surface area contributed by atoms with E-state index in [0.29, 0.717) is 11.8 Å². The van der Waals surface area contributed by atoms with Crippen LogP contribution in [0.2, 0.25) is 0 Å². The molecule has 3 rings (SSSR count). The Morgan fingerprint density at radius 1 is 1.15 bits per heavy atom. The average Bonchev–Trinajstić information content (AvgIpc) is 2.77. The number of carbonyl (C=O) groups excluding carboxylic acids is 1. The van der Waals surface area contributed by atoms with Gasteiger partial charge in [0.2, 0.25) is 17.6 Å². The number of alkyl halides is 3. The zero-order valence-corrected chi connectivity index (χ0v) is 18.4. The summed E-state index contributed by atoms with van der Waals surface area (Å²) < 4.78 is 46.0. The van der Waals surface area contributed by atoms with Crippen molar-refractivity contribution < 1.29 is 27.8 Å². The molecule has 1 amide bonds. The molecule has 0 aliphatic heterocycles. The van der Waals surface area contributed by atoms with Crippen molar-refractivity contribution in [2.24, 2.45) is 0 Å². The molecule has 0 saturated heterocycles. The third-order valence-electron chi connectivity index (χ3n) is 4.60. The Labute approximate surface area is 192 Å². The maximum absolute atomic E-state index is 13.7. The second-order valence-electron chi connectivity index (χ2n) is 7.12. The SMILES string of the molecule is C=CC(=O)Nc1cc(C)ccc1Nc1nc(Nc2c(C)cnc(OC)c2O)ncc1C(F)(F)F. The summed E-state index contributed by atoms with van der Waals surface area (Å²) in [6, 6.07) is 4.75. The van der Waals surface area contributed by atoms with Gasteiger partial charge in [0.15, 0.2) is 0 Å². The largest absolute Gasteiger partial charge is 0.502 e. The van der Waals surface area contributed by atoms with Gasteiger partial charge in [-0.25, -0.2) is 9.97 Å². The number of anilines is 5. The van der Waals surface area contributed by atoms with Crippen LogP contribution >= 0.6 is 0 Å². The van der Waals surface area contributed by atoms with E-state index in [-0.39, 0.29) is 34.6 Å². The summed E-state index contributed by atoms with van der Waals surface area (Å²) in [5.74, 6) is -1.77. The topological polar surface area (TPSA) is 121 Å². The molecule has 12 heteroatoms. The normalized spacial score (nSPS) is 11.0. The molecule has 3 aromatic rings. The Hall–Kier alpha value is -4.35. The number of methoxy groups -OCH3 is 1. The smallest absolute Gasteiger partial charge is 0.421 e. The number of carbonyl (C=O) groups is 1. The Morgan fingerprint density at radius 2 is 1.88 bits per heavy atom. The molecule has 0 aliphatic rings. The van der Waals surface area contributed by atoms with Gasteiger partial charge in [0.1, 0.15) is 11.4 Å². The van der Waals surface area contributed by atoms with Gasteiger partial charge in [-0.05, 0) is 43.2 Å². The van der Waals surface area contributed by atoms with Crippen LogP contribution in [0.3, 0.4) is 0 Å². The van der Waals surface area contributed by atoms with Crippen molar-refractivity contribution in [2.75, 3.05) is 23.1 Å². The molecule has 2 aromatic heterocycles. The van der Waals surface area contributed by atoms with Gasteiger partial charge in [-0.15, -0.1) is 0 Å². The number of ether oxygens (including phenoxy) is 1. The highest BCUT2D eigenvalue weighted by Crippen LogP contribution is 2.39. The first-order valence-corrected chi connectivity index (χ1v) is 9.78. The second-order valence-corrected chi connectivity index (χ2v) is 7.12. The standard InChI is InChI=1S/C22H21F3N6O3/c1-5-16(32)28-15-8-11(2)6-7-14(15)29-19-13(22(23,24)25)10-27-21(31-19)30-17-12(3)9-26-20(34-4)18(17)33/h5-10,33H,1H2,2-4H3,(H,28,32)(H2,26,27,29,30,31). The Bertz CT molecular complexity index is 1250. The van der Waals surface area contributed by atoms with E-state index in [4.69, 9.17) is 4.74 Å². The van der Waals surface area contributed by atoms with E-state index >= 15 is 0 Å². The maximum Gasteiger partial charge on any atom is 0.421 e. The molecule has 0 bridgehead atoms. The molecule has 0 spiro atoms. The predicted molar refractivity (Wildman–Crippen MR) is 121 cm³/mol. The van der Waals surface area contributed by atoms with Crippen molar-refractivity contribution in [1.29, 1.82) is 0 Å². The summed E-state index contributed by atoms with van der Waals surface area (Å²) in [6.07, 6.45) is -1.71. The third kappa shape index (κ3) is 5.34. The highest BCUT2D eigenvalue weighted by Gasteiger charge is 2.35. The second kappa shape index (κ2) is 9.65. The summed E-state index contributed by atoms with van der Waals surface area (Å²) in [7, 11) is 1.31. The van der Waals surface area contributed by atoms with Gasteiger partial charge >= 0.3 is 6.18 Å². The molecule has 0 aliphatic carbocycles. The van der Waals surface area contributed by atoms with Crippen LogP contribution in [-0.4, -0.2) is 33.1 Å². The minimum absolute atomic E-state index is 0.0828. The van der Waals surface area contributed by atoms with E-state index in [0.717, 1.165) is 11.6 Å². The van der Waals surface area contributed by atoms with Crippen molar-refractivity contribution >= 4 is 34.7 Å². The molecule has 34 heavy (non-hydrogen) atoms. The first kappa shape index (κ1) is 24.3. The van der Waals surface area contributed by atoms with Gasteiger partial charge in [0, 0.05) is 12.4 Å². The highest BCUT2D eigenvalue weighted by atomic mass is 19.4. The number of nitrogens with one attached hydrogen (secondary N) is 3. The van der Waals surface area contributed by atoms with Crippen LogP contribution < -0.4 is 20.7 Å². The number of hydrogen-bond donors (Lipinski definition) is 4. The average molecular weight is 474 g/mol. The Kier molecular flexibility index (Phi) is 6.89. The number of aromatic hydroxyl groups is 1. The number of aromatic nitrogens is 3. The molecular formula is C22H21F3N6O3. The maximum atomic E-state index is 13.7. The first-order valence-electron chi connectivity index (χ1n) is 9.78. The summed E-state index contributed by atoms with van der Waals surface area (Å²) in [4.78, 5) is 23.4. The Balaban J connectivity index is 2.06. The molecule has 4 N–H and O–H groups in total. The molecule has 178 valence electrons. The van der Waals surface area contributed by atoms with E-state index in [1.807, 2.05) is 0 Å². The third-order valence-corrected chi connectivity index (χ3v) is 4.60. The molecule has 1 aromatic carbocycles. The lowest BCUT2D eigenvalue weighted by Gasteiger charge is -2.18. The van der Waals surface area contributed by atoms with Gasteiger partial charge in [0.25, 0.3) is 5.88 Å². The van der Waals surface area contributed by atoms with E-state index in [1.165, 1.54) is 19.4 Å². The van der Waals surface area contributed by atoms with Crippen LogP contribution in [0.5, 0.6) is 11.6 Å². The molecule has 0 radical (unpaired) electrons. The Morgan fingerprint density at radius 3 is 2.53 bits per heavy atom. The fraction of sp³-hybridized carbons (Fsp3) is 0.182. The van der Waals surface area contributed by atoms with Gasteiger partial charge < -0.3 is 25.8 Å². The van der Waals surface area contributed by atoms with Crippen LogP contribution in [0.1, 0.15) is 16.7 Å². The van der Waals surface area contributed by atoms with Crippen LogP contribution in [0.15, 0.2) is 43.2 Å². The van der Waals surface area contributed by atoms with Crippen molar-refractivity contribution in [3.05, 3.63) is 59.9 Å². The fourth-order valence-corrected chi connectivity index (χ4v) is 2.92. The number of amides is 1. The predicted octanol–water partition coefficient (Wildman–Crippen LogP) is 4.83. The molecule has 0 saturated carbocycles. The van der Waals surface area contributed by atoms with Crippen molar-refractivity contribution in [2.45, 2.75) is 20.0 Å². The summed E-state index contributed by atoms with van der Waals surface area (Å²) in [6.45, 7) is 6.76. The van der Waals surface area contributed by atoms with Gasteiger partial charge in [0.05, 0.1) is 24.2 Å². The first-order chi connectivity index (χ1) is 16.0. The van der Waals surface area contributed by atoms with Crippen molar-refractivity contribution in [3.63, 3.8) is 0 Å². The van der Waals surface area contributed by atoms with E-state index in [1.54, 1.807) is 26.0 Å². The van der Waals surface area contributed by atoms with E-state index in [9.17, 15) is 23.1 Å². The molecule has 0 fully saturated rings. The van der Waals surface area contributed by atoms with Crippen molar-refractivity contribution in [1.82, 2.24) is 15.0 Å². The lowest BCUT2D eigenvalue weighted by molar-refractivity contribution is -0.137. The van der Waals surface area contributed by atoms with E-state index < -0.39 is 23.5 Å². The zero-order chi connectivity index (χ0) is 25.0. The quantitative estimate of drug-likeness (QED) is 0.359. The van der Waals surface area contributed by atoms with Gasteiger partial charge in [-0.2, -0.15) is 18.2 Å². The lowest BCUT2D eigenvalue weighted by Crippen LogP contribution is -2.14. The molecular weight excluding hydrogens is 453 g/mol. The minimum Gasteiger partial charge on any atom is -0.502 e. The zero-order valence-electron chi connectivity index (χ0n) is 18.4. The number of rotatable bonds is 7. The van der Waals surface area contributed by atoms with Crippen LogP contribution in [0.25, 0.3) is 0 Å². The summed E-state index contributed by atoms with van der Waals surface area (Å²) in [5.41, 5.74) is 0.631. The van der Waals surface area contributed by atoms with Crippen LogP contribution in [-0.2, 0) is 11.0 Å². The van der Waals surface area contributed by atoms with E-state index in [2.05, 4.69) is 37.5 Å². The highest BCUT2D eigenvalue weighted by molar-refractivity contribution is 6.01. The fourth-order valence-electron chi connectivity index (χ4n) is 2.92. The monoisotopic (exact) mass is 474 g/mol. The number of benzene rings is 1. The van der Waals surface area contributed by atoms with Crippen LogP contribution in [0.4, 0.5) is 42.0 Å².